The largest absolute Gasteiger partial charge is 0.490 e. The third-order valence-corrected chi connectivity index (χ3v) is 5.35. The highest BCUT2D eigenvalue weighted by Crippen LogP contribution is 2.25. The molecule has 3 aromatic rings. The van der Waals surface area contributed by atoms with Crippen molar-refractivity contribution in [3.8, 4) is 5.75 Å². The maximum atomic E-state index is 13.0. The fourth-order valence-corrected chi connectivity index (χ4v) is 3.59. The van der Waals surface area contributed by atoms with E-state index in [2.05, 4.69) is 10.6 Å². The maximum Gasteiger partial charge on any atom is 0.272 e. The lowest BCUT2D eigenvalue weighted by Crippen LogP contribution is -2.30. The summed E-state index contributed by atoms with van der Waals surface area (Å²) < 4.78 is 11.3. The zero-order valence-corrected chi connectivity index (χ0v) is 18.0. The van der Waals surface area contributed by atoms with Gasteiger partial charge in [0.05, 0.1) is 12.4 Å². The summed E-state index contributed by atoms with van der Waals surface area (Å²) in [6.07, 6.45) is 7.86. The van der Waals surface area contributed by atoms with Crippen LogP contribution in [0.25, 0.3) is 6.08 Å². The smallest absolute Gasteiger partial charge is 0.272 e. The predicted octanol–water partition coefficient (Wildman–Crippen LogP) is 5.32. The zero-order chi connectivity index (χ0) is 22.3. The van der Waals surface area contributed by atoms with E-state index < -0.39 is 5.91 Å². The van der Waals surface area contributed by atoms with Gasteiger partial charge in [-0.1, -0.05) is 17.7 Å². The van der Waals surface area contributed by atoms with Crippen LogP contribution in [0.1, 0.15) is 47.4 Å². The van der Waals surface area contributed by atoms with Gasteiger partial charge in [-0.3, -0.25) is 9.59 Å². The van der Waals surface area contributed by atoms with Crippen LogP contribution in [-0.2, 0) is 4.79 Å². The number of carbonyl (C=O) groups excluding carboxylic acids is 2. The molecule has 0 atom stereocenters. The van der Waals surface area contributed by atoms with E-state index in [9.17, 15) is 9.59 Å². The van der Waals surface area contributed by atoms with Gasteiger partial charge in [0.25, 0.3) is 11.8 Å². The molecule has 1 aliphatic carbocycles. The van der Waals surface area contributed by atoms with Crippen molar-refractivity contribution in [2.24, 2.45) is 0 Å². The lowest BCUT2D eigenvalue weighted by atomic mass is 10.1. The number of anilines is 1. The predicted molar refractivity (Wildman–Crippen MR) is 123 cm³/mol. The first-order valence-electron chi connectivity index (χ1n) is 10.8. The van der Waals surface area contributed by atoms with Crippen molar-refractivity contribution in [1.29, 1.82) is 0 Å². The molecule has 2 amide bonds. The highest BCUT2D eigenvalue weighted by atomic mass is 16.5. The Bertz CT molecular complexity index is 1080. The highest BCUT2D eigenvalue weighted by molar-refractivity contribution is 6.10. The SMILES string of the molecule is Cc1ccc(C(=O)N/C(=C\c2ccco2)C(=O)Nc2ccc(OC3CCCC3)cc2)cc1. The van der Waals surface area contributed by atoms with Crippen LogP contribution >= 0.6 is 0 Å². The standard InChI is InChI=1S/C26H26N2O4/c1-18-8-10-19(11-9-18)25(29)28-24(17-23-7-4-16-31-23)26(30)27-20-12-14-22(15-13-20)32-21-5-2-3-6-21/h4,7-17,21H,2-3,5-6H2,1H3,(H,27,30)(H,28,29)/b24-17-. The van der Waals surface area contributed by atoms with Gasteiger partial charge in [0.2, 0.25) is 0 Å². The highest BCUT2D eigenvalue weighted by Gasteiger charge is 2.18. The third kappa shape index (κ3) is 5.66. The molecule has 2 N–H and O–H groups in total. The average molecular weight is 431 g/mol. The van der Waals surface area contributed by atoms with Gasteiger partial charge in [-0.05, 0) is 81.1 Å². The number of benzene rings is 2. The van der Waals surface area contributed by atoms with Crippen molar-refractivity contribution < 1.29 is 18.7 Å². The number of hydrogen-bond donors (Lipinski definition) is 2. The quantitative estimate of drug-likeness (QED) is 0.497. The summed E-state index contributed by atoms with van der Waals surface area (Å²) in [6.45, 7) is 1.95. The van der Waals surface area contributed by atoms with Crippen LogP contribution in [0, 0.1) is 6.92 Å². The second-order valence-corrected chi connectivity index (χ2v) is 7.90. The summed E-state index contributed by atoms with van der Waals surface area (Å²) in [5.41, 5.74) is 2.19. The summed E-state index contributed by atoms with van der Waals surface area (Å²) in [7, 11) is 0. The van der Waals surface area contributed by atoms with Crippen molar-refractivity contribution >= 4 is 23.6 Å². The minimum atomic E-state index is -0.452. The Morgan fingerprint density at radius 1 is 1.00 bits per heavy atom. The van der Waals surface area contributed by atoms with E-state index >= 15 is 0 Å². The number of amides is 2. The summed E-state index contributed by atoms with van der Waals surface area (Å²) in [4.78, 5) is 25.6. The van der Waals surface area contributed by atoms with Gasteiger partial charge >= 0.3 is 0 Å². The van der Waals surface area contributed by atoms with Gasteiger partial charge in [0.1, 0.15) is 17.2 Å². The molecule has 0 saturated heterocycles. The van der Waals surface area contributed by atoms with E-state index in [1.807, 2.05) is 31.2 Å². The number of nitrogens with one attached hydrogen (secondary N) is 2. The molecule has 32 heavy (non-hydrogen) atoms. The average Bonchev–Trinajstić information content (AvgIpc) is 3.49. The monoisotopic (exact) mass is 430 g/mol. The van der Waals surface area contributed by atoms with E-state index in [4.69, 9.17) is 9.15 Å². The van der Waals surface area contributed by atoms with Gasteiger partial charge in [0.15, 0.2) is 0 Å². The number of rotatable bonds is 7. The number of aryl methyl sites for hydroxylation is 1. The molecular weight excluding hydrogens is 404 g/mol. The molecule has 1 saturated carbocycles. The second-order valence-electron chi connectivity index (χ2n) is 7.90. The molecule has 4 rings (SSSR count). The van der Waals surface area contributed by atoms with Gasteiger partial charge < -0.3 is 19.8 Å². The lowest BCUT2D eigenvalue weighted by Gasteiger charge is -2.14. The Hall–Kier alpha value is -3.80. The van der Waals surface area contributed by atoms with Crippen molar-refractivity contribution in [3.05, 3.63) is 89.5 Å². The first-order chi connectivity index (χ1) is 15.6. The Morgan fingerprint density at radius 3 is 2.38 bits per heavy atom. The number of hydrogen-bond acceptors (Lipinski definition) is 4. The Balaban J connectivity index is 1.46. The molecule has 1 aliphatic rings. The van der Waals surface area contributed by atoms with Crippen LogP contribution in [0.15, 0.2) is 77.0 Å². The Labute approximate surface area is 187 Å². The van der Waals surface area contributed by atoms with Gasteiger partial charge in [-0.15, -0.1) is 0 Å². The molecule has 164 valence electrons. The molecule has 2 aromatic carbocycles. The van der Waals surface area contributed by atoms with E-state index in [0.29, 0.717) is 17.0 Å². The summed E-state index contributed by atoms with van der Waals surface area (Å²) in [6, 6.07) is 17.8. The first kappa shape index (κ1) is 21.4. The first-order valence-corrected chi connectivity index (χ1v) is 10.8. The molecule has 1 fully saturated rings. The minimum Gasteiger partial charge on any atom is -0.490 e. The normalized spacial score (nSPS) is 14.2. The van der Waals surface area contributed by atoms with Crippen molar-refractivity contribution in [2.45, 2.75) is 38.7 Å². The molecule has 0 spiro atoms. The van der Waals surface area contributed by atoms with Crippen LogP contribution in [-0.4, -0.2) is 17.9 Å². The molecule has 0 bridgehead atoms. The molecular formula is C26H26N2O4. The number of ether oxygens (including phenoxy) is 1. The number of carbonyl (C=O) groups is 2. The van der Waals surface area contributed by atoms with Crippen LogP contribution in [0.4, 0.5) is 5.69 Å². The Kier molecular flexibility index (Phi) is 6.70. The molecule has 1 heterocycles. The third-order valence-electron chi connectivity index (χ3n) is 5.35. The molecule has 0 aliphatic heterocycles. The number of furan rings is 1. The molecule has 0 radical (unpaired) electrons. The lowest BCUT2D eigenvalue weighted by molar-refractivity contribution is -0.113. The van der Waals surface area contributed by atoms with E-state index in [0.717, 1.165) is 24.2 Å². The maximum absolute atomic E-state index is 13.0. The second kappa shape index (κ2) is 10.0. The van der Waals surface area contributed by atoms with Gasteiger partial charge in [-0.2, -0.15) is 0 Å². The molecule has 1 aromatic heterocycles. The van der Waals surface area contributed by atoms with Crippen molar-refractivity contribution in [3.63, 3.8) is 0 Å². The topological polar surface area (TPSA) is 80.6 Å². The fourth-order valence-electron chi connectivity index (χ4n) is 3.59. The van der Waals surface area contributed by atoms with E-state index in [1.54, 1.807) is 36.4 Å². The molecule has 6 heteroatoms. The summed E-state index contributed by atoms with van der Waals surface area (Å²) in [5.74, 6) is 0.415. The van der Waals surface area contributed by atoms with Crippen LogP contribution in [0.2, 0.25) is 0 Å². The Morgan fingerprint density at radius 2 is 1.72 bits per heavy atom. The van der Waals surface area contributed by atoms with Gasteiger partial charge in [0, 0.05) is 17.3 Å². The minimum absolute atomic E-state index is 0.0804. The van der Waals surface area contributed by atoms with Crippen LogP contribution < -0.4 is 15.4 Å². The van der Waals surface area contributed by atoms with E-state index in [-0.39, 0.29) is 17.7 Å². The fraction of sp³-hybridized carbons (Fsp3) is 0.231. The van der Waals surface area contributed by atoms with E-state index in [1.165, 1.54) is 25.2 Å². The summed E-state index contributed by atoms with van der Waals surface area (Å²) >= 11 is 0. The van der Waals surface area contributed by atoms with Crippen molar-refractivity contribution in [1.82, 2.24) is 5.32 Å². The van der Waals surface area contributed by atoms with Gasteiger partial charge in [-0.25, -0.2) is 0 Å². The van der Waals surface area contributed by atoms with Crippen LogP contribution in [0.5, 0.6) is 5.75 Å². The van der Waals surface area contributed by atoms with Crippen LogP contribution in [0.3, 0.4) is 0 Å². The van der Waals surface area contributed by atoms with Crippen molar-refractivity contribution in [2.75, 3.05) is 5.32 Å². The molecule has 6 nitrogen and oxygen atoms in total. The molecule has 0 unspecified atom stereocenters. The summed E-state index contributed by atoms with van der Waals surface area (Å²) in [5, 5.41) is 5.52. The zero-order valence-electron chi connectivity index (χ0n) is 18.0.